The van der Waals surface area contributed by atoms with Crippen LogP contribution in [0.5, 0.6) is 0 Å². The number of nitrogens with zero attached hydrogens (tertiary/aromatic N) is 2. The second-order valence-electron chi connectivity index (χ2n) is 5.10. The van der Waals surface area contributed by atoms with E-state index in [0.717, 1.165) is 25.7 Å². The average molecular weight is 251 g/mol. The summed E-state index contributed by atoms with van der Waals surface area (Å²) >= 11 is 0. The van der Waals surface area contributed by atoms with Crippen LogP contribution in [0.2, 0.25) is 0 Å². The van der Waals surface area contributed by atoms with Crippen LogP contribution in [0.25, 0.3) is 0 Å². The predicted molar refractivity (Wildman–Crippen MR) is 69.5 cm³/mol. The molecular formula is C13H21N3O2. The van der Waals surface area contributed by atoms with Crippen molar-refractivity contribution in [1.29, 1.82) is 0 Å². The zero-order valence-electron chi connectivity index (χ0n) is 11.1. The molecule has 0 aromatic carbocycles. The van der Waals surface area contributed by atoms with E-state index in [1.165, 1.54) is 4.57 Å². The van der Waals surface area contributed by atoms with E-state index in [4.69, 9.17) is 0 Å². The number of amides is 1. The number of carbonyl (C=O) groups is 1. The zero-order valence-corrected chi connectivity index (χ0v) is 11.1. The summed E-state index contributed by atoms with van der Waals surface area (Å²) < 4.78 is 3.20. The van der Waals surface area contributed by atoms with E-state index < -0.39 is 0 Å². The molecule has 1 aliphatic rings. The van der Waals surface area contributed by atoms with E-state index in [9.17, 15) is 9.59 Å². The minimum Gasteiger partial charge on any atom is -0.352 e. The molecule has 0 radical (unpaired) electrons. The van der Waals surface area contributed by atoms with E-state index >= 15 is 0 Å². The van der Waals surface area contributed by atoms with Gasteiger partial charge in [-0.25, -0.2) is 4.79 Å². The first-order valence-corrected chi connectivity index (χ1v) is 6.68. The van der Waals surface area contributed by atoms with Crippen LogP contribution in [0.1, 0.15) is 45.6 Å². The molecule has 1 amide bonds. The van der Waals surface area contributed by atoms with Crippen LogP contribution < -0.4 is 11.0 Å². The molecule has 1 aliphatic carbocycles. The van der Waals surface area contributed by atoms with Crippen molar-refractivity contribution in [1.82, 2.24) is 14.5 Å². The summed E-state index contributed by atoms with van der Waals surface area (Å²) in [4.78, 5) is 23.7. The number of imidazole rings is 1. The quantitative estimate of drug-likeness (QED) is 0.828. The fourth-order valence-electron chi connectivity index (χ4n) is 2.16. The molecule has 5 heteroatoms. The number of rotatable bonds is 6. The normalized spacial score (nSPS) is 16.6. The van der Waals surface area contributed by atoms with Crippen molar-refractivity contribution in [3.8, 4) is 0 Å². The van der Waals surface area contributed by atoms with Crippen LogP contribution in [-0.2, 0) is 11.3 Å². The van der Waals surface area contributed by atoms with E-state index in [2.05, 4.69) is 12.2 Å². The van der Waals surface area contributed by atoms with Gasteiger partial charge in [0.25, 0.3) is 0 Å². The first-order valence-electron chi connectivity index (χ1n) is 6.68. The number of hydrogen-bond donors (Lipinski definition) is 1. The van der Waals surface area contributed by atoms with Gasteiger partial charge in [0.05, 0.1) is 0 Å². The second-order valence-corrected chi connectivity index (χ2v) is 5.10. The third-order valence-electron chi connectivity index (χ3n) is 3.26. The number of nitrogens with one attached hydrogen (secondary N) is 1. The lowest BCUT2D eigenvalue weighted by molar-refractivity contribution is -0.122. The molecule has 5 nitrogen and oxygen atoms in total. The van der Waals surface area contributed by atoms with Crippen molar-refractivity contribution in [2.24, 2.45) is 0 Å². The van der Waals surface area contributed by atoms with Crippen LogP contribution in [0.15, 0.2) is 17.2 Å². The van der Waals surface area contributed by atoms with E-state index in [1.54, 1.807) is 17.0 Å². The van der Waals surface area contributed by atoms with Gasteiger partial charge in [-0.05, 0) is 26.2 Å². The lowest BCUT2D eigenvalue weighted by atomic mass is 10.2. The second kappa shape index (κ2) is 5.42. The van der Waals surface area contributed by atoms with E-state index in [0.29, 0.717) is 6.04 Å². The van der Waals surface area contributed by atoms with Crippen molar-refractivity contribution >= 4 is 5.91 Å². The molecule has 2 rings (SSSR count). The summed E-state index contributed by atoms with van der Waals surface area (Å²) in [6.07, 6.45) is 7.63. The predicted octanol–water partition coefficient (Wildman–Crippen LogP) is 1.29. The highest BCUT2D eigenvalue weighted by molar-refractivity contribution is 5.75. The first kappa shape index (κ1) is 12.9. The minimum absolute atomic E-state index is 0.0733. The van der Waals surface area contributed by atoms with Gasteiger partial charge in [-0.2, -0.15) is 0 Å². The molecule has 0 aliphatic heterocycles. The molecule has 1 aromatic rings. The van der Waals surface area contributed by atoms with Crippen molar-refractivity contribution in [3.63, 3.8) is 0 Å². The molecule has 0 bridgehead atoms. The van der Waals surface area contributed by atoms with Crippen molar-refractivity contribution < 1.29 is 4.79 Å². The summed E-state index contributed by atoms with van der Waals surface area (Å²) in [6.45, 7) is 4.19. The average Bonchev–Trinajstić information content (AvgIpc) is 3.07. The number of aromatic nitrogens is 2. The summed E-state index contributed by atoms with van der Waals surface area (Å²) in [5.41, 5.74) is -0.0733. The molecule has 18 heavy (non-hydrogen) atoms. The molecule has 1 N–H and O–H groups in total. The summed E-state index contributed by atoms with van der Waals surface area (Å²) in [7, 11) is 0. The van der Waals surface area contributed by atoms with Crippen LogP contribution in [0.4, 0.5) is 0 Å². The molecule has 1 unspecified atom stereocenters. The topological polar surface area (TPSA) is 56.0 Å². The highest BCUT2D eigenvalue weighted by Gasteiger charge is 2.25. The van der Waals surface area contributed by atoms with Gasteiger partial charge in [-0.3, -0.25) is 13.9 Å². The van der Waals surface area contributed by atoms with Crippen LogP contribution in [-0.4, -0.2) is 21.1 Å². The van der Waals surface area contributed by atoms with E-state index in [-0.39, 0.29) is 24.2 Å². The maximum Gasteiger partial charge on any atom is 0.328 e. The Morgan fingerprint density at radius 3 is 2.83 bits per heavy atom. The van der Waals surface area contributed by atoms with Crippen molar-refractivity contribution in [2.75, 3.05) is 0 Å². The Bertz CT molecular complexity index is 471. The molecule has 1 atom stereocenters. The number of carbonyl (C=O) groups excluding carboxylic acids is 1. The Balaban J connectivity index is 1.92. The van der Waals surface area contributed by atoms with Gasteiger partial charge < -0.3 is 5.32 Å². The lowest BCUT2D eigenvalue weighted by Gasteiger charge is -2.12. The first-order chi connectivity index (χ1) is 8.61. The third kappa shape index (κ3) is 3.03. The molecule has 0 saturated heterocycles. The Morgan fingerprint density at radius 1 is 1.50 bits per heavy atom. The van der Waals surface area contributed by atoms with Gasteiger partial charge in [0.15, 0.2) is 0 Å². The molecular weight excluding hydrogens is 230 g/mol. The smallest absolute Gasteiger partial charge is 0.328 e. The molecule has 0 spiro atoms. The number of hydrogen-bond acceptors (Lipinski definition) is 2. The maximum absolute atomic E-state index is 11.9. The summed E-state index contributed by atoms with van der Waals surface area (Å²) in [5.74, 6) is -0.0911. The fourth-order valence-corrected chi connectivity index (χ4v) is 2.16. The highest BCUT2D eigenvalue weighted by atomic mass is 16.2. The van der Waals surface area contributed by atoms with Gasteiger partial charge in [0, 0.05) is 24.5 Å². The molecule has 1 fully saturated rings. The highest BCUT2D eigenvalue weighted by Crippen LogP contribution is 2.33. The minimum atomic E-state index is -0.0911. The van der Waals surface area contributed by atoms with Gasteiger partial charge in [0.2, 0.25) is 5.91 Å². The Kier molecular flexibility index (Phi) is 3.89. The molecule has 1 aromatic heterocycles. The maximum atomic E-state index is 11.9. The van der Waals surface area contributed by atoms with Crippen LogP contribution >= 0.6 is 0 Å². The van der Waals surface area contributed by atoms with Gasteiger partial charge in [0.1, 0.15) is 6.54 Å². The Labute approximate surface area is 107 Å². The lowest BCUT2D eigenvalue weighted by Crippen LogP contribution is -2.37. The van der Waals surface area contributed by atoms with E-state index in [1.807, 2.05) is 6.92 Å². The molecule has 100 valence electrons. The fraction of sp³-hybridized carbons (Fsp3) is 0.692. The van der Waals surface area contributed by atoms with Crippen LogP contribution in [0.3, 0.4) is 0 Å². The third-order valence-corrected chi connectivity index (χ3v) is 3.26. The SMILES string of the molecule is CCCC(C)NC(=O)Cn1ccn(C2CC2)c1=O. The molecule has 1 saturated carbocycles. The van der Waals surface area contributed by atoms with Crippen molar-refractivity contribution in [2.45, 2.75) is 58.2 Å². The van der Waals surface area contributed by atoms with Gasteiger partial charge in [-0.15, -0.1) is 0 Å². The Hall–Kier alpha value is -1.52. The van der Waals surface area contributed by atoms with Gasteiger partial charge in [-0.1, -0.05) is 13.3 Å². The largest absolute Gasteiger partial charge is 0.352 e. The van der Waals surface area contributed by atoms with Crippen LogP contribution in [0, 0.1) is 0 Å². The molecule has 1 heterocycles. The van der Waals surface area contributed by atoms with Crippen molar-refractivity contribution in [3.05, 3.63) is 22.9 Å². The van der Waals surface area contributed by atoms with Gasteiger partial charge >= 0.3 is 5.69 Å². The summed E-state index contributed by atoms with van der Waals surface area (Å²) in [5, 5.41) is 2.90. The summed E-state index contributed by atoms with van der Waals surface area (Å²) in [6, 6.07) is 0.532. The standard InChI is InChI=1S/C13H21N3O2/c1-3-4-10(2)14-12(17)9-15-7-8-16(13(15)18)11-5-6-11/h7-8,10-11H,3-6,9H2,1-2H3,(H,14,17). The Morgan fingerprint density at radius 2 is 2.22 bits per heavy atom. The zero-order chi connectivity index (χ0) is 13.1. The monoisotopic (exact) mass is 251 g/mol.